The third kappa shape index (κ3) is 3.49. The number of nitrogens with zero attached hydrogens (tertiary/aromatic N) is 4. The highest BCUT2D eigenvalue weighted by Gasteiger charge is 2.27. The van der Waals surface area contributed by atoms with Gasteiger partial charge < -0.3 is 4.90 Å². The van der Waals surface area contributed by atoms with Crippen LogP contribution in [0, 0.1) is 0 Å². The minimum atomic E-state index is -0.483. The molecule has 6 heteroatoms. The van der Waals surface area contributed by atoms with E-state index in [1.807, 2.05) is 17.9 Å². The highest BCUT2D eigenvalue weighted by atomic mass is 16.2. The third-order valence-electron chi connectivity index (χ3n) is 5.98. The zero-order valence-electron chi connectivity index (χ0n) is 16.1. The van der Waals surface area contributed by atoms with Gasteiger partial charge in [-0.1, -0.05) is 19.8 Å². The van der Waals surface area contributed by atoms with Crippen molar-refractivity contribution in [3.63, 3.8) is 0 Å². The Bertz CT molecular complexity index is 897. The maximum absolute atomic E-state index is 13.2. The van der Waals surface area contributed by atoms with Crippen molar-refractivity contribution in [3.05, 3.63) is 34.0 Å². The third-order valence-corrected chi connectivity index (χ3v) is 5.98. The molecule has 1 amide bonds. The number of amides is 1. The van der Waals surface area contributed by atoms with Gasteiger partial charge in [0.05, 0.1) is 5.39 Å². The number of aryl methyl sites for hydroxylation is 2. The Morgan fingerprint density at radius 1 is 1.11 bits per heavy atom. The predicted octanol–water partition coefficient (Wildman–Crippen LogP) is 3.02. The Balaban J connectivity index is 1.71. The fourth-order valence-electron chi connectivity index (χ4n) is 4.40. The summed E-state index contributed by atoms with van der Waals surface area (Å²) < 4.78 is 1.53. The molecule has 6 nitrogen and oxygen atoms in total. The highest BCUT2D eigenvalue weighted by molar-refractivity contribution is 5.81. The molecule has 27 heavy (non-hydrogen) atoms. The van der Waals surface area contributed by atoms with E-state index in [0.717, 1.165) is 62.9 Å². The molecule has 1 aliphatic heterocycles. The van der Waals surface area contributed by atoms with Crippen LogP contribution in [0.4, 0.5) is 0 Å². The second-order valence-electron chi connectivity index (χ2n) is 7.79. The van der Waals surface area contributed by atoms with Crippen LogP contribution in [0.2, 0.25) is 0 Å². The molecule has 0 N–H and O–H groups in total. The van der Waals surface area contributed by atoms with Crippen molar-refractivity contribution in [1.29, 1.82) is 0 Å². The number of pyridine rings is 1. The molecular weight excluding hydrogens is 340 g/mol. The van der Waals surface area contributed by atoms with Crippen molar-refractivity contribution in [3.8, 4) is 0 Å². The van der Waals surface area contributed by atoms with E-state index in [2.05, 4.69) is 9.97 Å². The Kier molecular flexibility index (Phi) is 5.23. The average Bonchev–Trinajstić information content (AvgIpc) is 2.98. The molecule has 0 spiro atoms. The van der Waals surface area contributed by atoms with E-state index >= 15 is 0 Å². The number of carbonyl (C=O) groups is 1. The van der Waals surface area contributed by atoms with Crippen LogP contribution in [-0.4, -0.2) is 38.4 Å². The summed E-state index contributed by atoms with van der Waals surface area (Å²) in [7, 11) is 0. The van der Waals surface area contributed by atoms with Gasteiger partial charge in [-0.3, -0.25) is 14.2 Å². The summed E-state index contributed by atoms with van der Waals surface area (Å²) in [5.74, 6) is 0.0496. The molecule has 1 saturated heterocycles. The lowest BCUT2D eigenvalue weighted by Gasteiger charge is -2.26. The van der Waals surface area contributed by atoms with Crippen molar-refractivity contribution >= 4 is 16.9 Å². The van der Waals surface area contributed by atoms with Crippen LogP contribution in [-0.2, 0) is 17.6 Å². The van der Waals surface area contributed by atoms with Crippen molar-refractivity contribution in [2.24, 2.45) is 0 Å². The van der Waals surface area contributed by atoms with Crippen LogP contribution in [0.1, 0.15) is 69.2 Å². The number of hydrogen-bond donors (Lipinski definition) is 0. The first-order chi connectivity index (χ1) is 13.2. The molecular formula is C21H28N4O2. The first-order valence-corrected chi connectivity index (χ1v) is 10.4. The van der Waals surface area contributed by atoms with Gasteiger partial charge in [-0.15, -0.1) is 0 Å². The molecule has 0 radical (unpaired) electrons. The predicted molar refractivity (Wildman–Crippen MR) is 105 cm³/mol. The fraction of sp³-hybridized carbons (Fsp3) is 0.619. The van der Waals surface area contributed by atoms with Crippen LogP contribution in [0.15, 0.2) is 17.2 Å². The van der Waals surface area contributed by atoms with Gasteiger partial charge in [-0.05, 0) is 56.6 Å². The molecule has 1 unspecified atom stereocenters. The molecule has 0 aromatic carbocycles. The van der Waals surface area contributed by atoms with Crippen LogP contribution in [0.25, 0.3) is 11.0 Å². The van der Waals surface area contributed by atoms with Crippen LogP contribution in [0.5, 0.6) is 0 Å². The summed E-state index contributed by atoms with van der Waals surface area (Å²) in [5.41, 5.74) is 2.60. The minimum Gasteiger partial charge on any atom is -0.341 e. The van der Waals surface area contributed by atoms with Gasteiger partial charge in [0.2, 0.25) is 5.91 Å². The number of aromatic nitrogens is 3. The Labute approximate surface area is 159 Å². The summed E-state index contributed by atoms with van der Waals surface area (Å²) >= 11 is 0. The molecule has 3 heterocycles. The Morgan fingerprint density at radius 3 is 2.59 bits per heavy atom. The quantitative estimate of drug-likeness (QED) is 0.835. The van der Waals surface area contributed by atoms with E-state index in [4.69, 9.17) is 0 Å². The normalized spacial score (nSPS) is 18.8. The number of hydrogen-bond acceptors (Lipinski definition) is 4. The van der Waals surface area contributed by atoms with E-state index in [-0.39, 0.29) is 11.5 Å². The van der Waals surface area contributed by atoms with Crippen LogP contribution >= 0.6 is 0 Å². The largest absolute Gasteiger partial charge is 0.341 e. The summed E-state index contributed by atoms with van der Waals surface area (Å²) in [6.07, 6.45) is 10.8. The van der Waals surface area contributed by atoms with E-state index in [1.54, 1.807) is 0 Å². The van der Waals surface area contributed by atoms with Gasteiger partial charge in [0.25, 0.3) is 5.56 Å². The lowest BCUT2D eigenvalue weighted by atomic mass is 9.95. The van der Waals surface area contributed by atoms with E-state index in [9.17, 15) is 9.59 Å². The second-order valence-corrected chi connectivity index (χ2v) is 7.79. The zero-order valence-corrected chi connectivity index (χ0v) is 16.1. The average molecular weight is 368 g/mol. The van der Waals surface area contributed by atoms with E-state index < -0.39 is 6.04 Å². The molecule has 0 bridgehead atoms. The Hall–Kier alpha value is -2.24. The fourth-order valence-corrected chi connectivity index (χ4v) is 4.40. The SMILES string of the molecule is CCC(C(=O)N1CCCCCC1)n1cnc2nc3c(cc2c1=O)CCCC3. The molecule has 2 aromatic rings. The summed E-state index contributed by atoms with van der Waals surface area (Å²) in [6.45, 7) is 3.54. The van der Waals surface area contributed by atoms with Gasteiger partial charge in [-0.25, -0.2) is 9.97 Å². The Morgan fingerprint density at radius 2 is 1.85 bits per heavy atom. The molecule has 0 saturated carbocycles. The molecule has 144 valence electrons. The van der Waals surface area contributed by atoms with Gasteiger partial charge in [0.1, 0.15) is 12.4 Å². The second kappa shape index (κ2) is 7.79. The molecule has 4 rings (SSSR count). The number of rotatable bonds is 3. The maximum Gasteiger partial charge on any atom is 0.263 e. The number of carbonyl (C=O) groups excluding carboxylic acids is 1. The summed E-state index contributed by atoms with van der Waals surface area (Å²) in [5, 5.41) is 0.542. The van der Waals surface area contributed by atoms with Crippen LogP contribution < -0.4 is 5.56 Å². The lowest BCUT2D eigenvalue weighted by molar-refractivity contribution is -0.135. The molecule has 2 aliphatic rings. The molecule has 1 fully saturated rings. The van der Waals surface area contributed by atoms with Crippen molar-refractivity contribution < 1.29 is 4.79 Å². The van der Waals surface area contributed by atoms with E-state index in [1.165, 1.54) is 23.7 Å². The monoisotopic (exact) mass is 368 g/mol. The highest BCUT2D eigenvalue weighted by Crippen LogP contribution is 2.23. The number of fused-ring (bicyclic) bond motifs is 2. The summed E-state index contributed by atoms with van der Waals surface area (Å²) in [4.78, 5) is 37.3. The van der Waals surface area contributed by atoms with Crippen molar-refractivity contribution in [1.82, 2.24) is 19.4 Å². The molecule has 1 aliphatic carbocycles. The maximum atomic E-state index is 13.2. The minimum absolute atomic E-state index is 0.0496. The lowest BCUT2D eigenvalue weighted by Crippen LogP contribution is -2.40. The standard InChI is InChI=1S/C21H28N4O2/c1-2-18(21(27)24-11-7-3-4-8-12-24)25-14-22-19-16(20(25)26)13-15-9-5-6-10-17(15)23-19/h13-14,18H,2-12H2,1H3. The van der Waals surface area contributed by atoms with Gasteiger partial charge >= 0.3 is 0 Å². The smallest absolute Gasteiger partial charge is 0.263 e. The topological polar surface area (TPSA) is 68.1 Å². The first kappa shape index (κ1) is 18.1. The summed E-state index contributed by atoms with van der Waals surface area (Å²) in [6, 6.07) is 1.48. The molecule has 1 atom stereocenters. The van der Waals surface area contributed by atoms with Gasteiger partial charge in [0, 0.05) is 18.8 Å². The van der Waals surface area contributed by atoms with Crippen molar-refractivity contribution in [2.45, 2.75) is 70.8 Å². The first-order valence-electron chi connectivity index (χ1n) is 10.4. The molecule has 2 aromatic heterocycles. The van der Waals surface area contributed by atoms with Gasteiger partial charge in [0.15, 0.2) is 5.65 Å². The van der Waals surface area contributed by atoms with Crippen LogP contribution in [0.3, 0.4) is 0 Å². The van der Waals surface area contributed by atoms with Gasteiger partial charge in [-0.2, -0.15) is 0 Å². The zero-order chi connectivity index (χ0) is 18.8. The van der Waals surface area contributed by atoms with E-state index in [0.29, 0.717) is 17.5 Å². The number of likely N-dealkylation sites (tertiary alicyclic amines) is 1. The van der Waals surface area contributed by atoms with Crippen molar-refractivity contribution in [2.75, 3.05) is 13.1 Å².